The van der Waals surface area contributed by atoms with Gasteiger partial charge in [0.25, 0.3) is 0 Å². The molecule has 3 aromatic rings. The Morgan fingerprint density at radius 3 is 2.24 bits per heavy atom. The topological polar surface area (TPSA) is 70.3 Å². The van der Waals surface area contributed by atoms with E-state index in [4.69, 9.17) is 10.00 Å². The summed E-state index contributed by atoms with van der Waals surface area (Å²) in [6.45, 7) is 0.535. The summed E-state index contributed by atoms with van der Waals surface area (Å²) in [6, 6.07) is 26.7. The van der Waals surface area contributed by atoms with E-state index >= 15 is 0 Å². The number of hydrogen-bond donors (Lipinski definition) is 1. The van der Waals surface area contributed by atoms with Crippen molar-refractivity contribution in [2.45, 2.75) is 23.0 Å². The maximum absolute atomic E-state index is 11.6. The molecule has 0 fully saturated rings. The number of ether oxygens (including phenoxy) is 1. The van der Waals surface area contributed by atoms with Gasteiger partial charge < -0.3 is 9.84 Å². The van der Waals surface area contributed by atoms with Gasteiger partial charge in [0, 0.05) is 11.3 Å². The standard InChI is InChI=1S/C24H21NO3S/c25-17-20-8-6-18(7-9-20)14-15-28-21-12-10-19(11-13-21)16-23(24(26)27)29-22-4-2-1-3-5-22/h1-13,23H,14-16H2,(H,26,27). The first kappa shape index (κ1) is 20.5. The summed E-state index contributed by atoms with van der Waals surface area (Å²) in [6.07, 6.45) is 1.20. The first-order valence-electron chi connectivity index (χ1n) is 9.29. The molecule has 0 aliphatic rings. The number of nitrogens with zero attached hydrogens (tertiary/aromatic N) is 1. The monoisotopic (exact) mass is 403 g/mol. The number of thioether (sulfide) groups is 1. The van der Waals surface area contributed by atoms with Gasteiger partial charge in [0.1, 0.15) is 11.0 Å². The number of carboxylic acids is 1. The van der Waals surface area contributed by atoms with Crippen LogP contribution in [0.15, 0.2) is 83.8 Å². The van der Waals surface area contributed by atoms with Crippen molar-refractivity contribution in [3.63, 3.8) is 0 Å². The summed E-state index contributed by atoms with van der Waals surface area (Å²) in [5.74, 6) is -0.0634. The van der Waals surface area contributed by atoms with Crippen LogP contribution in [0.4, 0.5) is 0 Å². The van der Waals surface area contributed by atoms with Gasteiger partial charge in [-0.05, 0) is 53.9 Å². The van der Waals surface area contributed by atoms with Crippen molar-refractivity contribution in [3.05, 3.63) is 95.6 Å². The summed E-state index contributed by atoms with van der Waals surface area (Å²) in [5, 5.41) is 17.8. The van der Waals surface area contributed by atoms with E-state index in [2.05, 4.69) is 6.07 Å². The van der Waals surface area contributed by atoms with Gasteiger partial charge in [0.2, 0.25) is 0 Å². The molecule has 0 saturated heterocycles. The van der Waals surface area contributed by atoms with Crippen molar-refractivity contribution in [3.8, 4) is 11.8 Å². The molecule has 29 heavy (non-hydrogen) atoms. The number of carbonyl (C=O) groups is 1. The van der Waals surface area contributed by atoms with Gasteiger partial charge in [-0.1, -0.05) is 42.5 Å². The van der Waals surface area contributed by atoms with Gasteiger partial charge in [0.15, 0.2) is 0 Å². The normalized spacial score (nSPS) is 11.4. The van der Waals surface area contributed by atoms with Crippen LogP contribution >= 0.6 is 11.8 Å². The lowest BCUT2D eigenvalue weighted by molar-refractivity contribution is -0.136. The predicted molar refractivity (Wildman–Crippen MR) is 114 cm³/mol. The van der Waals surface area contributed by atoms with E-state index in [1.54, 1.807) is 12.1 Å². The van der Waals surface area contributed by atoms with Crippen LogP contribution in [0.5, 0.6) is 5.75 Å². The molecule has 0 aromatic heterocycles. The highest BCUT2D eigenvalue weighted by molar-refractivity contribution is 8.00. The van der Waals surface area contributed by atoms with Gasteiger partial charge >= 0.3 is 5.97 Å². The minimum absolute atomic E-state index is 0.445. The Morgan fingerprint density at radius 1 is 0.966 bits per heavy atom. The van der Waals surface area contributed by atoms with Crippen LogP contribution in [0, 0.1) is 11.3 Å². The molecule has 5 heteroatoms. The molecule has 0 aliphatic heterocycles. The molecule has 1 unspecified atom stereocenters. The van der Waals surface area contributed by atoms with E-state index in [0.29, 0.717) is 18.6 Å². The van der Waals surface area contributed by atoms with Gasteiger partial charge in [-0.15, -0.1) is 11.8 Å². The lowest BCUT2D eigenvalue weighted by Gasteiger charge is -2.13. The third kappa shape index (κ3) is 6.41. The number of nitriles is 1. The summed E-state index contributed by atoms with van der Waals surface area (Å²) in [5.41, 5.74) is 2.72. The van der Waals surface area contributed by atoms with Crippen LogP contribution in [-0.2, 0) is 17.6 Å². The van der Waals surface area contributed by atoms with Crippen molar-refractivity contribution < 1.29 is 14.6 Å². The average Bonchev–Trinajstić information content (AvgIpc) is 2.75. The Labute approximate surface area is 174 Å². The fourth-order valence-electron chi connectivity index (χ4n) is 2.81. The van der Waals surface area contributed by atoms with Gasteiger partial charge in [-0.3, -0.25) is 4.79 Å². The molecule has 146 valence electrons. The second-order valence-corrected chi connectivity index (χ2v) is 7.79. The maximum atomic E-state index is 11.6. The fraction of sp³-hybridized carbons (Fsp3) is 0.167. The molecule has 3 rings (SSSR count). The Hall–Kier alpha value is -3.23. The number of rotatable bonds is 9. The van der Waals surface area contributed by atoms with Crippen LogP contribution in [-0.4, -0.2) is 22.9 Å². The molecule has 0 aliphatic carbocycles. The number of benzene rings is 3. The highest BCUT2D eigenvalue weighted by atomic mass is 32.2. The highest BCUT2D eigenvalue weighted by Gasteiger charge is 2.19. The Bertz CT molecular complexity index is 964. The van der Waals surface area contributed by atoms with Crippen LogP contribution in [0.25, 0.3) is 0 Å². The number of carboxylic acid groups (broad SMARTS) is 1. The Balaban J connectivity index is 1.51. The zero-order valence-electron chi connectivity index (χ0n) is 15.8. The molecule has 1 atom stereocenters. The smallest absolute Gasteiger partial charge is 0.317 e. The van der Waals surface area contributed by atoms with E-state index < -0.39 is 11.2 Å². The fourth-order valence-corrected chi connectivity index (χ4v) is 3.83. The highest BCUT2D eigenvalue weighted by Crippen LogP contribution is 2.26. The van der Waals surface area contributed by atoms with E-state index in [1.807, 2.05) is 66.7 Å². The summed E-state index contributed by atoms with van der Waals surface area (Å²) < 4.78 is 5.78. The third-order valence-electron chi connectivity index (χ3n) is 4.38. The number of hydrogen-bond acceptors (Lipinski definition) is 4. The maximum Gasteiger partial charge on any atom is 0.317 e. The molecule has 0 amide bonds. The molecule has 0 radical (unpaired) electrons. The zero-order chi connectivity index (χ0) is 20.5. The van der Waals surface area contributed by atoms with Crippen molar-refractivity contribution in [2.75, 3.05) is 6.61 Å². The van der Waals surface area contributed by atoms with Crippen molar-refractivity contribution in [1.82, 2.24) is 0 Å². The molecule has 0 saturated carbocycles. The first-order chi connectivity index (χ1) is 14.1. The van der Waals surface area contributed by atoms with Crippen molar-refractivity contribution in [1.29, 1.82) is 5.26 Å². The van der Waals surface area contributed by atoms with Crippen LogP contribution < -0.4 is 4.74 Å². The van der Waals surface area contributed by atoms with E-state index in [0.717, 1.165) is 28.2 Å². The van der Waals surface area contributed by atoms with E-state index in [9.17, 15) is 9.90 Å². The predicted octanol–water partition coefficient (Wildman–Crippen LogP) is 4.97. The molecule has 0 bridgehead atoms. The van der Waals surface area contributed by atoms with Crippen molar-refractivity contribution in [2.24, 2.45) is 0 Å². The summed E-state index contributed by atoms with van der Waals surface area (Å²) >= 11 is 1.36. The second-order valence-electron chi connectivity index (χ2n) is 6.51. The lowest BCUT2D eigenvalue weighted by atomic mass is 10.1. The van der Waals surface area contributed by atoms with E-state index in [1.165, 1.54) is 11.8 Å². The molecular weight excluding hydrogens is 382 g/mol. The van der Waals surface area contributed by atoms with Crippen LogP contribution in [0.2, 0.25) is 0 Å². The SMILES string of the molecule is N#Cc1ccc(CCOc2ccc(CC(Sc3ccccc3)C(=O)O)cc2)cc1. The lowest BCUT2D eigenvalue weighted by Crippen LogP contribution is -2.19. The largest absolute Gasteiger partial charge is 0.493 e. The van der Waals surface area contributed by atoms with Crippen LogP contribution in [0.3, 0.4) is 0 Å². The Kier molecular flexibility index (Phi) is 7.32. The quantitative estimate of drug-likeness (QED) is 0.511. The third-order valence-corrected chi connectivity index (χ3v) is 5.58. The summed E-state index contributed by atoms with van der Waals surface area (Å²) in [4.78, 5) is 12.6. The zero-order valence-corrected chi connectivity index (χ0v) is 16.6. The molecule has 4 nitrogen and oxygen atoms in total. The average molecular weight is 404 g/mol. The minimum Gasteiger partial charge on any atom is -0.493 e. The molecule has 0 spiro atoms. The minimum atomic E-state index is -0.818. The van der Waals surface area contributed by atoms with Gasteiger partial charge in [0.05, 0.1) is 18.2 Å². The second kappa shape index (κ2) is 10.4. The molecule has 3 aromatic carbocycles. The van der Waals surface area contributed by atoms with Crippen LogP contribution in [0.1, 0.15) is 16.7 Å². The Morgan fingerprint density at radius 2 is 1.62 bits per heavy atom. The first-order valence-corrected chi connectivity index (χ1v) is 10.2. The van der Waals surface area contributed by atoms with Crippen molar-refractivity contribution >= 4 is 17.7 Å². The molecular formula is C24H21NO3S. The molecule has 1 N–H and O–H groups in total. The van der Waals surface area contributed by atoms with Gasteiger partial charge in [-0.2, -0.15) is 5.26 Å². The van der Waals surface area contributed by atoms with Gasteiger partial charge in [-0.25, -0.2) is 0 Å². The summed E-state index contributed by atoms with van der Waals surface area (Å²) in [7, 11) is 0. The van der Waals surface area contributed by atoms with E-state index in [-0.39, 0.29) is 0 Å². The molecule has 0 heterocycles. The number of aliphatic carboxylic acids is 1.